The molecule has 1 unspecified atom stereocenters. The lowest BCUT2D eigenvalue weighted by molar-refractivity contribution is -0.160. The van der Waals surface area contributed by atoms with Crippen molar-refractivity contribution >= 4 is 28.6 Å². The molecule has 190 valence electrons. The van der Waals surface area contributed by atoms with Gasteiger partial charge in [-0.05, 0) is 18.1 Å². The van der Waals surface area contributed by atoms with E-state index in [9.17, 15) is 43.2 Å². The number of hydrogen-bond acceptors (Lipinski definition) is 9. The highest BCUT2D eigenvalue weighted by Gasteiger charge is 2.54. The Hall–Kier alpha value is -1.08. The fourth-order valence-electron chi connectivity index (χ4n) is 1.95. The minimum atomic E-state index is -6.29. The number of halogens is 6. The highest BCUT2D eigenvalue weighted by atomic mass is 32.2. The summed E-state index contributed by atoms with van der Waals surface area (Å²) in [5, 5.41) is -0.493. The van der Waals surface area contributed by atoms with Crippen LogP contribution in [0.4, 0.5) is 26.3 Å². The summed E-state index contributed by atoms with van der Waals surface area (Å²) < 4.78 is 141. The van der Waals surface area contributed by atoms with Crippen LogP contribution in [0.25, 0.3) is 0 Å². The van der Waals surface area contributed by atoms with Gasteiger partial charge in [-0.2, -0.15) is 43.2 Å². The summed E-state index contributed by atoms with van der Waals surface area (Å²) >= 11 is 0. The molecule has 1 atom stereocenters. The lowest BCUT2D eigenvalue weighted by Crippen LogP contribution is -2.43. The maximum absolute atomic E-state index is 12.8. The van der Waals surface area contributed by atoms with E-state index in [-0.39, 0.29) is 5.06 Å². The van der Waals surface area contributed by atoms with Crippen LogP contribution in [0, 0.1) is 0 Å². The van der Waals surface area contributed by atoms with Gasteiger partial charge < -0.3 is 13.3 Å². The molecule has 32 heavy (non-hydrogen) atoms. The number of nitrogens with zero attached hydrogens (tertiary/aromatic N) is 1. The molecule has 18 heteroatoms. The van der Waals surface area contributed by atoms with E-state index >= 15 is 0 Å². The van der Waals surface area contributed by atoms with Crippen molar-refractivity contribution in [2.24, 2.45) is 0 Å². The Morgan fingerprint density at radius 2 is 1.44 bits per heavy atom. The topological polar surface area (TPSA) is 108 Å². The molecular weight excluding hydrogens is 516 g/mol. The summed E-state index contributed by atoms with van der Waals surface area (Å²) in [5.41, 5.74) is -12.6. The quantitative estimate of drug-likeness (QED) is 0.198. The van der Waals surface area contributed by atoms with Gasteiger partial charge in [0.2, 0.25) is 0 Å². The molecule has 0 N–H and O–H groups in total. The fraction of sp³-hybridized carbons (Fsp3) is 0.857. The van der Waals surface area contributed by atoms with Crippen molar-refractivity contribution in [3.63, 3.8) is 0 Å². The predicted molar refractivity (Wildman–Crippen MR) is 99.5 cm³/mol. The Kier molecular flexibility index (Phi) is 8.08. The number of hydroxylamine groups is 2. The standard InChI is InChI=1S/C14H23F6NO8S2Si/c1-12(2,3)32(5,6)27-8-9-10(28-30(22,23)13(15,16)17)7-11(26-4)21(9)29-31(24,25)14(18,19)20/h11H,7-8H2,1-6H3. The second kappa shape index (κ2) is 8.93. The molecule has 0 aromatic rings. The van der Waals surface area contributed by atoms with Crippen molar-refractivity contribution in [3.05, 3.63) is 11.5 Å². The second-order valence-corrected chi connectivity index (χ2v) is 16.0. The molecule has 0 fully saturated rings. The molecule has 1 heterocycles. The summed E-state index contributed by atoms with van der Waals surface area (Å²) in [7, 11) is -14.4. The van der Waals surface area contributed by atoms with Gasteiger partial charge in [-0.1, -0.05) is 20.8 Å². The molecule has 1 aliphatic rings. The van der Waals surface area contributed by atoms with E-state index in [1.807, 2.05) is 0 Å². The van der Waals surface area contributed by atoms with Crippen LogP contribution in [0.15, 0.2) is 11.5 Å². The summed E-state index contributed by atoms with van der Waals surface area (Å²) in [5.74, 6) is -1.04. The van der Waals surface area contributed by atoms with E-state index in [4.69, 9.17) is 9.16 Å². The molecule has 0 amide bonds. The van der Waals surface area contributed by atoms with Gasteiger partial charge >= 0.3 is 31.3 Å². The Morgan fingerprint density at radius 1 is 0.969 bits per heavy atom. The van der Waals surface area contributed by atoms with Crippen molar-refractivity contribution in [3.8, 4) is 0 Å². The van der Waals surface area contributed by atoms with Gasteiger partial charge in [-0.25, -0.2) is 5.06 Å². The molecule has 0 radical (unpaired) electrons. The van der Waals surface area contributed by atoms with Gasteiger partial charge in [0.15, 0.2) is 14.5 Å². The number of hydrogen-bond donors (Lipinski definition) is 0. The van der Waals surface area contributed by atoms with Gasteiger partial charge in [0.1, 0.15) is 11.5 Å². The van der Waals surface area contributed by atoms with E-state index in [1.165, 1.54) is 0 Å². The van der Waals surface area contributed by atoms with E-state index in [0.717, 1.165) is 7.11 Å². The Labute approximate surface area is 182 Å². The molecular formula is C14H23F6NO8S2Si. The first kappa shape index (κ1) is 28.9. The molecule has 1 aliphatic heterocycles. The van der Waals surface area contributed by atoms with Crippen LogP contribution < -0.4 is 0 Å². The van der Waals surface area contributed by atoms with Crippen LogP contribution in [-0.2, 0) is 37.9 Å². The fourth-order valence-corrected chi connectivity index (χ4v) is 3.88. The number of ether oxygens (including phenoxy) is 1. The zero-order chi connectivity index (χ0) is 25.6. The molecule has 0 aromatic heterocycles. The van der Waals surface area contributed by atoms with E-state index in [1.54, 1.807) is 33.9 Å². The normalized spacial score (nSPS) is 19.6. The molecule has 0 aromatic carbocycles. The Morgan fingerprint density at radius 3 is 1.81 bits per heavy atom. The average molecular weight is 540 g/mol. The molecule has 9 nitrogen and oxygen atoms in total. The van der Waals surface area contributed by atoms with Crippen LogP contribution in [-0.4, -0.2) is 61.2 Å². The maximum atomic E-state index is 12.8. The highest BCUT2D eigenvalue weighted by molar-refractivity contribution is 7.87. The Bertz CT molecular complexity index is 938. The summed E-state index contributed by atoms with van der Waals surface area (Å²) in [4.78, 5) is 0. The third-order valence-corrected chi connectivity index (χ3v) is 11.2. The number of rotatable bonds is 8. The molecule has 1 rings (SSSR count). The van der Waals surface area contributed by atoms with Crippen molar-refractivity contribution in [2.75, 3.05) is 13.7 Å². The Balaban J connectivity index is 3.51. The van der Waals surface area contributed by atoms with Gasteiger partial charge in [0, 0.05) is 7.11 Å². The lowest BCUT2D eigenvalue weighted by Gasteiger charge is -2.37. The first-order valence-electron chi connectivity index (χ1n) is 8.66. The van der Waals surface area contributed by atoms with Crippen LogP contribution >= 0.6 is 0 Å². The molecule has 0 aliphatic carbocycles. The van der Waals surface area contributed by atoms with E-state index < -0.39 is 75.3 Å². The zero-order valence-electron chi connectivity index (χ0n) is 17.8. The summed E-state index contributed by atoms with van der Waals surface area (Å²) in [6.07, 6.45) is -2.64. The largest absolute Gasteiger partial charge is 0.534 e. The van der Waals surface area contributed by atoms with E-state index in [2.05, 4.69) is 8.47 Å². The number of methoxy groups -OCH3 is 1. The summed E-state index contributed by atoms with van der Waals surface area (Å²) in [6, 6.07) is 0. The SMILES string of the molecule is COC1CC(OS(=O)(=O)C(F)(F)F)=C(CO[Si](C)(C)C(C)(C)C)N1OS(=O)(=O)C(F)(F)F. The third kappa shape index (κ3) is 6.28. The smallest absolute Gasteiger partial charge is 0.411 e. The monoisotopic (exact) mass is 539 g/mol. The van der Waals surface area contributed by atoms with Crippen LogP contribution in [0.1, 0.15) is 27.2 Å². The molecule has 0 bridgehead atoms. The van der Waals surface area contributed by atoms with Crippen molar-refractivity contribution < 1.29 is 60.8 Å². The predicted octanol–water partition coefficient (Wildman–Crippen LogP) is 3.55. The van der Waals surface area contributed by atoms with E-state index in [0.29, 0.717) is 0 Å². The lowest BCUT2D eigenvalue weighted by atomic mass is 10.2. The third-order valence-electron chi connectivity index (χ3n) is 4.81. The van der Waals surface area contributed by atoms with Gasteiger partial charge in [-0.15, -0.1) is 4.28 Å². The minimum Gasteiger partial charge on any atom is -0.411 e. The van der Waals surface area contributed by atoms with Crippen LogP contribution in [0.3, 0.4) is 0 Å². The highest BCUT2D eigenvalue weighted by Crippen LogP contribution is 2.40. The number of alkyl halides is 6. The molecule has 0 saturated heterocycles. The van der Waals surface area contributed by atoms with Crippen LogP contribution in [0.2, 0.25) is 18.1 Å². The van der Waals surface area contributed by atoms with Crippen molar-refractivity contribution in [2.45, 2.75) is 62.6 Å². The maximum Gasteiger partial charge on any atom is 0.534 e. The first-order chi connectivity index (χ1) is 14.0. The average Bonchev–Trinajstić information content (AvgIpc) is 2.85. The first-order valence-corrected chi connectivity index (χ1v) is 14.4. The van der Waals surface area contributed by atoms with Gasteiger partial charge in [0.25, 0.3) is 0 Å². The second-order valence-electron chi connectivity index (χ2n) is 8.10. The van der Waals surface area contributed by atoms with Crippen molar-refractivity contribution in [1.82, 2.24) is 5.06 Å². The van der Waals surface area contributed by atoms with Gasteiger partial charge in [0.05, 0.1) is 13.0 Å². The zero-order valence-corrected chi connectivity index (χ0v) is 20.4. The summed E-state index contributed by atoms with van der Waals surface area (Å²) in [6.45, 7) is 7.87. The molecule has 0 spiro atoms. The minimum absolute atomic E-state index is 0.0167. The van der Waals surface area contributed by atoms with Crippen LogP contribution in [0.5, 0.6) is 0 Å². The van der Waals surface area contributed by atoms with Crippen molar-refractivity contribution in [1.29, 1.82) is 0 Å². The molecule has 0 saturated carbocycles. The van der Waals surface area contributed by atoms with Gasteiger partial charge in [-0.3, -0.25) is 0 Å².